The summed E-state index contributed by atoms with van der Waals surface area (Å²) in [7, 11) is -1.96. The first-order valence-electron chi connectivity index (χ1n) is 9.89. The predicted octanol–water partition coefficient (Wildman–Crippen LogP) is 2.43. The zero-order valence-electron chi connectivity index (χ0n) is 16.9. The highest BCUT2D eigenvalue weighted by Crippen LogP contribution is 2.54. The van der Waals surface area contributed by atoms with E-state index in [0.29, 0.717) is 5.92 Å². The molecule has 0 heterocycles. The highest BCUT2D eigenvalue weighted by atomic mass is 79.9. The van der Waals surface area contributed by atoms with E-state index < -0.39 is 7.26 Å². The minimum Gasteiger partial charge on any atom is -1.00 e. The molecule has 0 aromatic heterocycles. The fourth-order valence-electron chi connectivity index (χ4n) is 3.93. The first kappa shape index (κ1) is 21.5. The van der Waals surface area contributed by atoms with Gasteiger partial charge in [0.05, 0.1) is 0 Å². The van der Waals surface area contributed by atoms with Crippen LogP contribution in [0.3, 0.4) is 0 Å². The molecule has 4 aromatic rings. The Morgan fingerprint density at radius 2 is 0.759 bits per heavy atom. The van der Waals surface area contributed by atoms with Crippen LogP contribution in [0.5, 0.6) is 0 Å². The third kappa shape index (κ3) is 4.08. The monoisotopic (exact) mass is 460 g/mol. The van der Waals surface area contributed by atoms with Gasteiger partial charge < -0.3 is 17.0 Å². The van der Waals surface area contributed by atoms with Crippen LogP contribution in [0.25, 0.3) is 0 Å². The van der Waals surface area contributed by atoms with Gasteiger partial charge in [-0.3, -0.25) is 0 Å². The molecule has 2 heteroatoms. The first-order valence-corrected chi connectivity index (χ1v) is 11.7. The van der Waals surface area contributed by atoms with E-state index in [1.54, 1.807) is 0 Å². The Morgan fingerprint density at radius 3 is 1.07 bits per heavy atom. The van der Waals surface area contributed by atoms with Crippen molar-refractivity contribution in [3.63, 3.8) is 0 Å². The Bertz CT molecular complexity index is 914. The normalized spacial score (nSPS) is 11.1. The molecule has 0 unspecified atom stereocenters. The molecule has 0 N–H and O–H groups in total. The minimum absolute atomic E-state index is 0. The second kappa shape index (κ2) is 9.53. The molecular formula is C27H26BrP. The molecule has 0 aliphatic carbocycles. The van der Waals surface area contributed by atoms with Crippen LogP contribution in [0.1, 0.15) is 25.3 Å². The standard InChI is InChI=1S/C27H26P.BrH/c1-22(2)23-18-20-27(21-19-23)28(24-12-6-3-7-13-24,25-14-8-4-9-15-25)26-16-10-5-11-17-26;/h3-22H,1-2H3;1H/q+1;/p-1. The molecule has 4 aromatic carbocycles. The molecule has 0 aliphatic rings. The molecule has 146 valence electrons. The molecular weight excluding hydrogens is 435 g/mol. The van der Waals surface area contributed by atoms with Crippen LogP contribution < -0.4 is 38.2 Å². The zero-order chi connectivity index (χ0) is 19.4. The van der Waals surface area contributed by atoms with Crippen LogP contribution >= 0.6 is 7.26 Å². The second-order valence-corrected chi connectivity index (χ2v) is 10.8. The number of hydrogen-bond donors (Lipinski definition) is 0. The second-order valence-electron chi connectivity index (χ2n) is 7.42. The summed E-state index contributed by atoms with van der Waals surface area (Å²) in [5.74, 6) is 0.534. The third-order valence-electron chi connectivity index (χ3n) is 5.38. The van der Waals surface area contributed by atoms with Crippen molar-refractivity contribution in [1.82, 2.24) is 0 Å². The molecule has 0 saturated carbocycles. The van der Waals surface area contributed by atoms with Crippen molar-refractivity contribution in [2.45, 2.75) is 19.8 Å². The van der Waals surface area contributed by atoms with E-state index in [9.17, 15) is 0 Å². The average molecular weight is 461 g/mol. The summed E-state index contributed by atoms with van der Waals surface area (Å²) in [5.41, 5.74) is 1.39. The van der Waals surface area contributed by atoms with Gasteiger partial charge in [0.1, 0.15) is 28.5 Å². The quantitative estimate of drug-likeness (QED) is 0.401. The molecule has 0 radical (unpaired) electrons. The van der Waals surface area contributed by atoms with Gasteiger partial charge >= 0.3 is 0 Å². The minimum atomic E-state index is -1.96. The van der Waals surface area contributed by atoms with Crippen LogP contribution in [-0.4, -0.2) is 0 Å². The van der Waals surface area contributed by atoms with Crippen molar-refractivity contribution in [3.05, 3.63) is 121 Å². The Morgan fingerprint density at radius 1 is 0.448 bits per heavy atom. The van der Waals surface area contributed by atoms with Crippen LogP contribution in [0.15, 0.2) is 115 Å². The summed E-state index contributed by atoms with van der Waals surface area (Å²) in [5, 5.41) is 5.58. The van der Waals surface area contributed by atoms with E-state index in [2.05, 4.69) is 129 Å². The third-order valence-corrected chi connectivity index (χ3v) is 9.67. The van der Waals surface area contributed by atoms with Gasteiger partial charge in [-0.1, -0.05) is 80.6 Å². The van der Waals surface area contributed by atoms with Gasteiger partial charge in [-0.2, -0.15) is 0 Å². The molecule has 0 nitrogen and oxygen atoms in total. The van der Waals surface area contributed by atoms with E-state index >= 15 is 0 Å². The van der Waals surface area contributed by atoms with E-state index in [-0.39, 0.29) is 17.0 Å². The van der Waals surface area contributed by atoms with Gasteiger partial charge in [-0.05, 0) is 60.0 Å². The number of hydrogen-bond acceptors (Lipinski definition) is 0. The first-order chi connectivity index (χ1) is 13.7. The lowest BCUT2D eigenvalue weighted by Gasteiger charge is -2.27. The molecule has 0 saturated heterocycles. The van der Waals surface area contributed by atoms with Crippen molar-refractivity contribution in [2.75, 3.05) is 0 Å². The van der Waals surface area contributed by atoms with Gasteiger partial charge in [0, 0.05) is 0 Å². The van der Waals surface area contributed by atoms with E-state index in [1.165, 1.54) is 26.8 Å². The molecule has 0 spiro atoms. The van der Waals surface area contributed by atoms with Crippen molar-refractivity contribution in [3.8, 4) is 0 Å². The summed E-state index contributed by atoms with van der Waals surface area (Å²) >= 11 is 0. The summed E-state index contributed by atoms with van der Waals surface area (Å²) in [6.45, 7) is 4.51. The van der Waals surface area contributed by atoms with E-state index in [4.69, 9.17) is 0 Å². The number of rotatable bonds is 5. The Hall–Kier alpha value is -2.21. The van der Waals surface area contributed by atoms with Crippen molar-refractivity contribution in [1.29, 1.82) is 0 Å². The van der Waals surface area contributed by atoms with E-state index in [1.807, 2.05) is 0 Å². The molecule has 0 bridgehead atoms. The van der Waals surface area contributed by atoms with Crippen LogP contribution in [0, 0.1) is 0 Å². The molecule has 4 rings (SSSR count). The highest BCUT2D eigenvalue weighted by Gasteiger charge is 2.47. The summed E-state index contributed by atoms with van der Waals surface area (Å²) in [6, 6.07) is 42.4. The molecule has 0 fully saturated rings. The largest absolute Gasteiger partial charge is 1.00 e. The maximum absolute atomic E-state index is 2.36. The van der Waals surface area contributed by atoms with Crippen LogP contribution in [-0.2, 0) is 0 Å². The lowest BCUT2D eigenvalue weighted by atomic mass is 10.0. The number of benzene rings is 4. The summed E-state index contributed by atoms with van der Waals surface area (Å²) < 4.78 is 0. The van der Waals surface area contributed by atoms with Gasteiger partial charge in [0.15, 0.2) is 0 Å². The lowest BCUT2D eigenvalue weighted by molar-refractivity contribution is -0.00000551. The Balaban J connectivity index is 0.00000240. The number of halogens is 1. The van der Waals surface area contributed by atoms with E-state index in [0.717, 1.165) is 0 Å². The molecule has 0 amide bonds. The van der Waals surface area contributed by atoms with Gasteiger partial charge in [0.25, 0.3) is 0 Å². The summed E-state index contributed by atoms with van der Waals surface area (Å²) in [4.78, 5) is 0. The lowest BCUT2D eigenvalue weighted by Crippen LogP contribution is -3.00. The molecule has 0 aliphatic heterocycles. The van der Waals surface area contributed by atoms with Gasteiger partial charge in [0.2, 0.25) is 0 Å². The van der Waals surface area contributed by atoms with Crippen LogP contribution in [0.4, 0.5) is 0 Å². The van der Waals surface area contributed by atoms with Crippen molar-refractivity contribution in [2.24, 2.45) is 0 Å². The Kier molecular flexibility index (Phi) is 7.06. The van der Waals surface area contributed by atoms with Crippen molar-refractivity contribution >= 4 is 28.5 Å². The SMILES string of the molecule is CC(C)c1ccc([P+](c2ccccc2)(c2ccccc2)c2ccccc2)cc1.[Br-]. The fraction of sp³-hybridized carbons (Fsp3) is 0.111. The average Bonchev–Trinajstić information content (AvgIpc) is 2.77. The predicted molar refractivity (Wildman–Crippen MR) is 125 cm³/mol. The highest BCUT2D eigenvalue weighted by molar-refractivity contribution is 8.01. The van der Waals surface area contributed by atoms with Crippen molar-refractivity contribution < 1.29 is 17.0 Å². The maximum Gasteiger partial charge on any atom is 0.144 e. The van der Waals surface area contributed by atoms with Gasteiger partial charge in [-0.25, -0.2) is 0 Å². The molecule has 29 heavy (non-hydrogen) atoms. The van der Waals surface area contributed by atoms with Crippen LogP contribution in [0.2, 0.25) is 0 Å². The smallest absolute Gasteiger partial charge is 0.144 e. The molecule has 0 atom stereocenters. The fourth-order valence-corrected chi connectivity index (χ4v) is 8.18. The summed E-state index contributed by atoms with van der Waals surface area (Å²) in [6.07, 6.45) is 0. The maximum atomic E-state index is 2.36. The topological polar surface area (TPSA) is 0 Å². The Labute approximate surface area is 185 Å². The van der Waals surface area contributed by atoms with Gasteiger partial charge in [-0.15, -0.1) is 0 Å². The zero-order valence-corrected chi connectivity index (χ0v) is 19.4.